The number of hydrogen-bond acceptors (Lipinski definition) is 4. The van der Waals surface area contributed by atoms with Crippen molar-refractivity contribution in [3.05, 3.63) is 24.3 Å². The molecule has 1 saturated carbocycles. The molecule has 0 radical (unpaired) electrons. The van der Waals surface area contributed by atoms with Crippen LogP contribution in [0.2, 0.25) is 0 Å². The molecule has 1 amide bonds. The topological polar surface area (TPSA) is 78.6 Å². The molecule has 0 heterocycles. The van der Waals surface area contributed by atoms with Gasteiger partial charge in [-0.2, -0.15) is 0 Å². The van der Waals surface area contributed by atoms with Gasteiger partial charge < -0.3 is 16.2 Å². The zero-order valence-electron chi connectivity index (χ0n) is 11.0. The molecule has 0 bridgehead atoms. The van der Waals surface area contributed by atoms with Gasteiger partial charge in [-0.3, -0.25) is 9.69 Å². The number of nitrogens with one attached hydrogen (secondary N) is 1. The van der Waals surface area contributed by atoms with Crippen LogP contribution < -0.4 is 11.1 Å². The summed E-state index contributed by atoms with van der Waals surface area (Å²) in [4.78, 5) is 14.0. The quantitative estimate of drug-likeness (QED) is 0.670. The van der Waals surface area contributed by atoms with Crippen LogP contribution in [0.4, 0.5) is 11.4 Å². The SMILES string of the molecule is Nc1cccc(NC(=O)CN(CCO)C2CCC2)c1. The Balaban J connectivity index is 1.88. The van der Waals surface area contributed by atoms with Crippen LogP contribution in [0.1, 0.15) is 19.3 Å². The highest BCUT2D eigenvalue weighted by Crippen LogP contribution is 2.24. The number of aliphatic hydroxyl groups excluding tert-OH is 1. The number of anilines is 2. The molecule has 4 N–H and O–H groups in total. The van der Waals surface area contributed by atoms with Gasteiger partial charge in [-0.15, -0.1) is 0 Å². The lowest BCUT2D eigenvalue weighted by molar-refractivity contribution is -0.118. The molecule has 5 nitrogen and oxygen atoms in total. The summed E-state index contributed by atoms with van der Waals surface area (Å²) in [6.45, 7) is 0.955. The van der Waals surface area contributed by atoms with E-state index in [1.165, 1.54) is 6.42 Å². The van der Waals surface area contributed by atoms with Crippen molar-refractivity contribution in [2.24, 2.45) is 0 Å². The van der Waals surface area contributed by atoms with Crippen LogP contribution in [0.5, 0.6) is 0 Å². The van der Waals surface area contributed by atoms with Gasteiger partial charge in [0.1, 0.15) is 0 Å². The summed E-state index contributed by atoms with van der Waals surface area (Å²) in [5.41, 5.74) is 7.01. The molecule has 0 aromatic heterocycles. The second-order valence-electron chi connectivity index (χ2n) is 4.95. The van der Waals surface area contributed by atoms with Crippen LogP contribution in [0.15, 0.2) is 24.3 Å². The second kappa shape index (κ2) is 6.54. The monoisotopic (exact) mass is 263 g/mol. The van der Waals surface area contributed by atoms with E-state index in [0.29, 0.717) is 30.5 Å². The van der Waals surface area contributed by atoms with Gasteiger partial charge in [0.05, 0.1) is 13.2 Å². The average molecular weight is 263 g/mol. The maximum Gasteiger partial charge on any atom is 0.238 e. The van der Waals surface area contributed by atoms with Gasteiger partial charge in [0.25, 0.3) is 0 Å². The van der Waals surface area contributed by atoms with E-state index in [1.54, 1.807) is 12.1 Å². The summed E-state index contributed by atoms with van der Waals surface area (Å²) < 4.78 is 0. The summed E-state index contributed by atoms with van der Waals surface area (Å²) in [5, 5.41) is 11.9. The van der Waals surface area contributed by atoms with Crippen molar-refractivity contribution in [3.8, 4) is 0 Å². The first kappa shape index (κ1) is 13.8. The molecular weight excluding hydrogens is 242 g/mol. The number of amides is 1. The Hall–Kier alpha value is -1.59. The third-order valence-corrected chi connectivity index (χ3v) is 3.50. The van der Waals surface area contributed by atoms with Crippen molar-refractivity contribution >= 4 is 17.3 Å². The van der Waals surface area contributed by atoms with Crippen molar-refractivity contribution in [1.29, 1.82) is 0 Å². The van der Waals surface area contributed by atoms with Crippen molar-refractivity contribution in [3.63, 3.8) is 0 Å². The smallest absolute Gasteiger partial charge is 0.238 e. The average Bonchev–Trinajstić information content (AvgIpc) is 2.26. The molecule has 0 saturated heterocycles. The van der Waals surface area contributed by atoms with E-state index in [2.05, 4.69) is 5.32 Å². The first-order valence-corrected chi connectivity index (χ1v) is 6.69. The summed E-state index contributed by atoms with van der Waals surface area (Å²) in [6.07, 6.45) is 3.45. The first-order chi connectivity index (χ1) is 9.19. The molecule has 1 fully saturated rings. The molecule has 0 atom stereocenters. The molecular formula is C14H21N3O2. The number of aliphatic hydroxyl groups is 1. The van der Waals surface area contributed by atoms with E-state index in [4.69, 9.17) is 10.8 Å². The number of benzene rings is 1. The molecule has 0 spiro atoms. The van der Waals surface area contributed by atoms with Crippen LogP contribution in [-0.2, 0) is 4.79 Å². The third kappa shape index (κ3) is 3.94. The van der Waals surface area contributed by atoms with Gasteiger partial charge in [0.15, 0.2) is 0 Å². The third-order valence-electron chi connectivity index (χ3n) is 3.50. The van der Waals surface area contributed by atoms with E-state index in [1.807, 2.05) is 17.0 Å². The summed E-state index contributed by atoms with van der Waals surface area (Å²) in [5.74, 6) is -0.0639. The molecule has 5 heteroatoms. The van der Waals surface area contributed by atoms with Crippen molar-refractivity contribution in [2.75, 3.05) is 30.7 Å². The van der Waals surface area contributed by atoms with Gasteiger partial charge in [0, 0.05) is 24.0 Å². The lowest BCUT2D eigenvalue weighted by Crippen LogP contribution is -2.45. The van der Waals surface area contributed by atoms with Gasteiger partial charge >= 0.3 is 0 Å². The zero-order chi connectivity index (χ0) is 13.7. The zero-order valence-corrected chi connectivity index (χ0v) is 11.0. The van der Waals surface area contributed by atoms with Gasteiger partial charge in [-0.05, 0) is 31.0 Å². The van der Waals surface area contributed by atoms with E-state index >= 15 is 0 Å². The molecule has 1 aliphatic carbocycles. The molecule has 19 heavy (non-hydrogen) atoms. The molecule has 2 rings (SSSR count). The Morgan fingerprint density at radius 1 is 1.47 bits per heavy atom. The Morgan fingerprint density at radius 2 is 2.26 bits per heavy atom. The van der Waals surface area contributed by atoms with Crippen LogP contribution in [0.25, 0.3) is 0 Å². The highest BCUT2D eigenvalue weighted by atomic mass is 16.3. The number of carbonyl (C=O) groups excluding carboxylic acids is 1. The highest BCUT2D eigenvalue weighted by Gasteiger charge is 2.25. The van der Waals surface area contributed by atoms with Crippen LogP contribution >= 0.6 is 0 Å². The Kier molecular flexibility index (Phi) is 4.76. The van der Waals surface area contributed by atoms with Crippen molar-refractivity contribution < 1.29 is 9.90 Å². The van der Waals surface area contributed by atoms with E-state index < -0.39 is 0 Å². The molecule has 1 aromatic carbocycles. The minimum absolute atomic E-state index is 0.0639. The van der Waals surface area contributed by atoms with Crippen LogP contribution in [0.3, 0.4) is 0 Å². The molecule has 1 aliphatic rings. The number of nitrogens with two attached hydrogens (primary N) is 1. The summed E-state index contributed by atoms with van der Waals surface area (Å²) >= 11 is 0. The Bertz CT molecular complexity index is 432. The summed E-state index contributed by atoms with van der Waals surface area (Å²) in [7, 11) is 0. The Morgan fingerprint density at radius 3 is 2.84 bits per heavy atom. The Labute approximate surface area is 113 Å². The largest absolute Gasteiger partial charge is 0.399 e. The first-order valence-electron chi connectivity index (χ1n) is 6.69. The fourth-order valence-corrected chi connectivity index (χ4v) is 2.27. The number of nitrogen functional groups attached to an aromatic ring is 1. The second-order valence-corrected chi connectivity index (χ2v) is 4.95. The maximum absolute atomic E-state index is 12.0. The predicted molar refractivity (Wildman–Crippen MR) is 75.8 cm³/mol. The number of carbonyl (C=O) groups is 1. The lowest BCUT2D eigenvalue weighted by atomic mass is 9.91. The van der Waals surface area contributed by atoms with Crippen LogP contribution in [-0.4, -0.2) is 41.7 Å². The fourth-order valence-electron chi connectivity index (χ4n) is 2.27. The minimum atomic E-state index is -0.0639. The van der Waals surface area contributed by atoms with Gasteiger partial charge in [0.2, 0.25) is 5.91 Å². The lowest BCUT2D eigenvalue weighted by Gasteiger charge is -2.36. The van der Waals surface area contributed by atoms with E-state index in [-0.39, 0.29) is 12.5 Å². The molecule has 104 valence electrons. The maximum atomic E-state index is 12.0. The highest BCUT2D eigenvalue weighted by molar-refractivity contribution is 5.92. The van der Waals surface area contributed by atoms with Gasteiger partial charge in [-0.25, -0.2) is 0 Å². The van der Waals surface area contributed by atoms with E-state index in [0.717, 1.165) is 12.8 Å². The number of nitrogens with zero attached hydrogens (tertiary/aromatic N) is 1. The summed E-state index contributed by atoms with van der Waals surface area (Å²) in [6, 6.07) is 7.58. The van der Waals surface area contributed by atoms with E-state index in [9.17, 15) is 4.79 Å². The van der Waals surface area contributed by atoms with Gasteiger partial charge in [-0.1, -0.05) is 12.5 Å². The fraction of sp³-hybridized carbons (Fsp3) is 0.500. The number of hydrogen-bond donors (Lipinski definition) is 3. The molecule has 0 aliphatic heterocycles. The van der Waals surface area contributed by atoms with Crippen molar-refractivity contribution in [1.82, 2.24) is 4.90 Å². The van der Waals surface area contributed by atoms with Crippen LogP contribution in [0, 0.1) is 0 Å². The normalized spacial score (nSPS) is 15.3. The molecule has 1 aromatic rings. The molecule has 0 unspecified atom stereocenters. The predicted octanol–water partition coefficient (Wildman–Crippen LogP) is 1.05. The standard InChI is InChI=1S/C14H21N3O2/c15-11-3-1-4-12(9-11)16-14(19)10-17(7-8-18)13-5-2-6-13/h1,3-4,9,13,18H,2,5-8,10,15H2,(H,16,19). The number of rotatable bonds is 6. The minimum Gasteiger partial charge on any atom is -0.399 e. The van der Waals surface area contributed by atoms with Crippen molar-refractivity contribution in [2.45, 2.75) is 25.3 Å².